The molecule has 0 bridgehead atoms. The molecule has 4 heteroatoms. The van der Waals surface area contributed by atoms with E-state index in [0.29, 0.717) is 6.54 Å². The summed E-state index contributed by atoms with van der Waals surface area (Å²) in [5, 5.41) is 3.20. The van der Waals surface area contributed by atoms with Gasteiger partial charge in [0.05, 0.1) is 0 Å². The number of anilines is 1. The van der Waals surface area contributed by atoms with Crippen LogP contribution in [0.25, 0.3) is 0 Å². The van der Waals surface area contributed by atoms with Gasteiger partial charge < -0.3 is 10.2 Å². The third kappa shape index (κ3) is 2.89. The Morgan fingerprint density at radius 3 is 3.00 bits per heavy atom. The Hall–Kier alpha value is -2.36. The van der Waals surface area contributed by atoms with Crippen molar-refractivity contribution in [1.29, 1.82) is 0 Å². The maximum absolute atomic E-state index is 12.5. The van der Waals surface area contributed by atoms with E-state index in [4.69, 9.17) is 0 Å². The maximum Gasteiger partial charge on any atom is 0.254 e. The average Bonchev–Trinajstić information content (AvgIpc) is 2.51. The number of pyridine rings is 1. The van der Waals surface area contributed by atoms with Crippen LogP contribution in [0.5, 0.6) is 0 Å². The molecule has 0 saturated heterocycles. The summed E-state index contributed by atoms with van der Waals surface area (Å²) in [6.45, 7) is 4.29. The van der Waals surface area contributed by atoms with Gasteiger partial charge in [-0.3, -0.25) is 4.79 Å². The highest BCUT2D eigenvalue weighted by atomic mass is 16.2. The second-order valence-electron chi connectivity index (χ2n) is 5.21. The van der Waals surface area contributed by atoms with E-state index in [1.807, 2.05) is 48.2 Å². The van der Waals surface area contributed by atoms with Crippen molar-refractivity contribution in [2.75, 3.05) is 18.4 Å². The van der Waals surface area contributed by atoms with Crippen LogP contribution in [0.3, 0.4) is 0 Å². The quantitative estimate of drug-likeness (QED) is 0.937. The number of benzene rings is 1. The maximum atomic E-state index is 12.5. The Morgan fingerprint density at radius 1 is 1.29 bits per heavy atom. The van der Waals surface area contributed by atoms with Crippen molar-refractivity contribution >= 4 is 11.7 Å². The highest BCUT2D eigenvalue weighted by molar-refractivity contribution is 5.96. The second-order valence-corrected chi connectivity index (χ2v) is 5.21. The van der Waals surface area contributed by atoms with Crippen molar-refractivity contribution in [2.24, 2.45) is 0 Å². The van der Waals surface area contributed by atoms with Gasteiger partial charge in [0.1, 0.15) is 5.82 Å². The van der Waals surface area contributed by atoms with Crippen LogP contribution in [-0.2, 0) is 13.0 Å². The number of rotatable bonds is 4. The molecule has 0 spiro atoms. The van der Waals surface area contributed by atoms with Gasteiger partial charge in [-0.1, -0.05) is 18.2 Å². The second kappa shape index (κ2) is 5.95. The normalized spacial score (nSPS) is 14.0. The summed E-state index contributed by atoms with van der Waals surface area (Å²) in [4.78, 5) is 18.7. The molecule has 0 atom stereocenters. The van der Waals surface area contributed by atoms with Crippen molar-refractivity contribution in [3.63, 3.8) is 0 Å². The van der Waals surface area contributed by atoms with Gasteiger partial charge in [-0.05, 0) is 42.7 Å². The van der Waals surface area contributed by atoms with Crippen LogP contribution >= 0.6 is 0 Å². The summed E-state index contributed by atoms with van der Waals surface area (Å²) in [7, 11) is 0. The summed E-state index contributed by atoms with van der Waals surface area (Å²) in [6.07, 6.45) is 2.71. The van der Waals surface area contributed by atoms with Crippen LogP contribution in [0, 0.1) is 0 Å². The Kier molecular flexibility index (Phi) is 3.86. The van der Waals surface area contributed by atoms with Crippen molar-refractivity contribution < 1.29 is 4.79 Å². The molecule has 0 unspecified atom stereocenters. The van der Waals surface area contributed by atoms with Crippen molar-refractivity contribution in [3.8, 4) is 0 Å². The fraction of sp³-hybridized carbons (Fsp3) is 0.294. The van der Waals surface area contributed by atoms with E-state index >= 15 is 0 Å². The Labute approximate surface area is 124 Å². The zero-order chi connectivity index (χ0) is 14.7. The molecule has 4 nitrogen and oxygen atoms in total. The molecule has 21 heavy (non-hydrogen) atoms. The molecule has 0 saturated carbocycles. The van der Waals surface area contributed by atoms with Gasteiger partial charge in [-0.15, -0.1) is 0 Å². The lowest BCUT2D eigenvalue weighted by Crippen LogP contribution is -2.36. The molecular formula is C17H19N3O. The molecule has 0 radical (unpaired) electrons. The molecule has 1 N–H and O–H groups in total. The highest BCUT2D eigenvalue weighted by Gasteiger charge is 2.23. The largest absolute Gasteiger partial charge is 0.370 e. The summed E-state index contributed by atoms with van der Waals surface area (Å²) in [6, 6.07) is 11.9. The highest BCUT2D eigenvalue weighted by Crippen LogP contribution is 2.20. The zero-order valence-corrected chi connectivity index (χ0v) is 12.2. The summed E-state index contributed by atoms with van der Waals surface area (Å²) < 4.78 is 0. The number of hydrogen-bond acceptors (Lipinski definition) is 3. The van der Waals surface area contributed by atoms with E-state index in [0.717, 1.165) is 42.0 Å². The van der Waals surface area contributed by atoms with E-state index in [2.05, 4.69) is 10.3 Å². The van der Waals surface area contributed by atoms with Gasteiger partial charge in [0, 0.05) is 31.4 Å². The number of nitrogens with zero attached hydrogens (tertiary/aromatic N) is 2. The van der Waals surface area contributed by atoms with Gasteiger partial charge in [0.15, 0.2) is 0 Å². The minimum atomic E-state index is 0.124. The van der Waals surface area contributed by atoms with Gasteiger partial charge in [0.25, 0.3) is 5.91 Å². The molecular weight excluding hydrogens is 262 g/mol. The van der Waals surface area contributed by atoms with Crippen LogP contribution in [0.4, 0.5) is 5.82 Å². The van der Waals surface area contributed by atoms with E-state index in [1.165, 1.54) is 0 Å². The molecule has 1 aliphatic rings. The molecule has 1 amide bonds. The lowest BCUT2D eigenvalue weighted by molar-refractivity contribution is 0.0727. The monoisotopic (exact) mass is 281 g/mol. The molecule has 3 rings (SSSR count). The Morgan fingerprint density at radius 2 is 2.14 bits per heavy atom. The van der Waals surface area contributed by atoms with Gasteiger partial charge in [-0.2, -0.15) is 0 Å². The minimum Gasteiger partial charge on any atom is -0.370 e. The predicted molar refractivity (Wildman–Crippen MR) is 83.3 cm³/mol. The number of carbonyl (C=O) groups excluding carboxylic acids is 1. The molecule has 1 aliphatic heterocycles. The predicted octanol–water partition coefficient (Wildman–Crippen LogP) is 2.71. The topological polar surface area (TPSA) is 45.2 Å². The Bertz CT molecular complexity index is 654. The number of carbonyl (C=O) groups is 1. The standard InChI is InChI=1S/C17H19N3O/c1-2-18-16-11-13(7-9-19-16)12-20-10-8-14-5-3-4-6-15(14)17(20)21/h3-7,9,11H,2,8,10,12H2,1H3,(H,18,19). The van der Waals surface area contributed by atoms with E-state index in [-0.39, 0.29) is 5.91 Å². The number of fused-ring (bicyclic) bond motifs is 1. The zero-order valence-electron chi connectivity index (χ0n) is 12.2. The molecule has 2 aromatic rings. The van der Waals surface area contributed by atoms with Crippen molar-refractivity contribution in [2.45, 2.75) is 19.9 Å². The number of nitrogens with one attached hydrogen (secondary N) is 1. The van der Waals surface area contributed by atoms with E-state index in [1.54, 1.807) is 6.20 Å². The molecule has 0 fully saturated rings. The third-order valence-electron chi connectivity index (χ3n) is 3.74. The van der Waals surface area contributed by atoms with Crippen LogP contribution in [0.15, 0.2) is 42.6 Å². The summed E-state index contributed by atoms with van der Waals surface area (Å²) in [5.74, 6) is 0.985. The third-order valence-corrected chi connectivity index (χ3v) is 3.74. The fourth-order valence-corrected chi connectivity index (χ4v) is 2.70. The van der Waals surface area contributed by atoms with Crippen molar-refractivity contribution in [1.82, 2.24) is 9.88 Å². The van der Waals surface area contributed by atoms with Crippen molar-refractivity contribution in [3.05, 3.63) is 59.3 Å². The first kappa shape index (κ1) is 13.6. The molecule has 2 heterocycles. The lowest BCUT2D eigenvalue weighted by atomic mass is 9.99. The summed E-state index contributed by atoms with van der Waals surface area (Å²) >= 11 is 0. The average molecular weight is 281 g/mol. The van der Waals surface area contributed by atoms with Gasteiger partial charge in [0.2, 0.25) is 0 Å². The van der Waals surface area contributed by atoms with Crippen LogP contribution < -0.4 is 5.32 Å². The first-order chi connectivity index (χ1) is 10.3. The van der Waals surface area contributed by atoms with E-state index < -0.39 is 0 Å². The smallest absolute Gasteiger partial charge is 0.254 e. The fourth-order valence-electron chi connectivity index (χ4n) is 2.70. The van der Waals surface area contributed by atoms with Gasteiger partial charge >= 0.3 is 0 Å². The molecule has 108 valence electrons. The SMILES string of the molecule is CCNc1cc(CN2CCc3ccccc3C2=O)ccn1. The number of hydrogen-bond donors (Lipinski definition) is 1. The minimum absolute atomic E-state index is 0.124. The Balaban J connectivity index is 1.77. The van der Waals surface area contributed by atoms with Crippen LogP contribution in [0.2, 0.25) is 0 Å². The molecule has 1 aromatic carbocycles. The van der Waals surface area contributed by atoms with Crippen LogP contribution in [-0.4, -0.2) is 28.9 Å². The van der Waals surface area contributed by atoms with E-state index in [9.17, 15) is 4.79 Å². The van der Waals surface area contributed by atoms with Gasteiger partial charge in [-0.25, -0.2) is 4.98 Å². The van der Waals surface area contributed by atoms with Crippen LogP contribution in [0.1, 0.15) is 28.4 Å². The first-order valence-corrected chi connectivity index (χ1v) is 7.34. The summed E-state index contributed by atoms with van der Waals surface area (Å²) in [5.41, 5.74) is 3.10. The molecule has 1 aromatic heterocycles. The number of aromatic nitrogens is 1. The lowest BCUT2D eigenvalue weighted by Gasteiger charge is -2.28. The first-order valence-electron chi connectivity index (χ1n) is 7.34. The number of amides is 1. The molecule has 0 aliphatic carbocycles.